The summed E-state index contributed by atoms with van der Waals surface area (Å²) < 4.78 is 1.97. The minimum atomic E-state index is -0.0557. The molecule has 0 saturated carbocycles. The van der Waals surface area contributed by atoms with Crippen molar-refractivity contribution in [2.45, 2.75) is 23.4 Å². The van der Waals surface area contributed by atoms with E-state index in [-0.39, 0.29) is 5.91 Å². The molecule has 0 saturated heterocycles. The van der Waals surface area contributed by atoms with Crippen LogP contribution in [0.3, 0.4) is 0 Å². The van der Waals surface area contributed by atoms with Crippen LogP contribution >= 0.6 is 23.1 Å². The molecule has 3 rings (SSSR count). The highest BCUT2D eigenvalue weighted by Gasteiger charge is 2.07. The van der Waals surface area contributed by atoms with Gasteiger partial charge >= 0.3 is 0 Å². The van der Waals surface area contributed by atoms with Crippen LogP contribution in [0.5, 0.6) is 0 Å². The van der Waals surface area contributed by atoms with Crippen LogP contribution in [-0.2, 0) is 18.3 Å². The molecule has 1 aromatic carbocycles. The van der Waals surface area contributed by atoms with Crippen molar-refractivity contribution in [3.05, 3.63) is 52.7 Å². The maximum atomic E-state index is 12.0. The van der Waals surface area contributed by atoms with Crippen LogP contribution in [0.25, 0.3) is 0 Å². The van der Waals surface area contributed by atoms with Crippen molar-refractivity contribution in [3.8, 4) is 0 Å². The van der Waals surface area contributed by atoms with Gasteiger partial charge in [-0.25, -0.2) is 9.97 Å². The Morgan fingerprint density at radius 3 is 2.74 bits per heavy atom. The van der Waals surface area contributed by atoms with E-state index >= 15 is 0 Å². The van der Waals surface area contributed by atoms with Crippen LogP contribution in [0.2, 0.25) is 0 Å². The first-order valence-corrected chi connectivity index (χ1v) is 8.76. The van der Waals surface area contributed by atoms with Gasteiger partial charge < -0.3 is 9.88 Å². The molecule has 23 heavy (non-hydrogen) atoms. The quantitative estimate of drug-likeness (QED) is 0.769. The van der Waals surface area contributed by atoms with E-state index < -0.39 is 0 Å². The molecule has 0 fully saturated rings. The minimum absolute atomic E-state index is 0.0557. The van der Waals surface area contributed by atoms with Crippen LogP contribution in [0.1, 0.15) is 10.7 Å². The Morgan fingerprint density at radius 2 is 2.13 bits per heavy atom. The third-order valence-corrected chi connectivity index (χ3v) is 5.04. The topological polar surface area (TPSA) is 59.8 Å². The van der Waals surface area contributed by atoms with Crippen molar-refractivity contribution >= 4 is 34.7 Å². The number of rotatable bonds is 5. The predicted octanol–water partition coefficient (Wildman–Crippen LogP) is 3.52. The van der Waals surface area contributed by atoms with Gasteiger partial charge in [0.15, 0.2) is 5.16 Å². The zero-order chi connectivity index (χ0) is 16.2. The largest absolute Gasteiger partial charge is 0.329 e. The summed E-state index contributed by atoms with van der Waals surface area (Å²) in [4.78, 5) is 21.7. The van der Waals surface area contributed by atoms with Gasteiger partial charge in [-0.2, -0.15) is 0 Å². The van der Waals surface area contributed by atoms with E-state index in [1.54, 1.807) is 29.3 Å². The number of hydrogen-bond acceptors (Lipinski definition) is 5. The molecule has 0 spiro atoms. The molecule has 118 valence electrons. The summed E-state index contributed by atoms with van der Waals surface area (Å²) in [7, 11) is 1.96. The first-order valence-electron chi connectivity index (χ1n) is 7.06. The molecule has 5 nitrogen and oxygen atoms in total. The Hall–Kier alpha value is -2.12. The zero-order valence-corrected chi connectivity index (χ0v) is 14.4. The summed E-state index contributed by atoms with van der Waals surface area (Å²) in [5, 5.41) is 6.72. The van der Waals surface area contributed by atoms with Crippen LogP contribution in [0.4, 0.5) is 5.69 Å². The van der Waals surface area contributed by atoms with Crippen molar-refractivity contribution < 1.29 is 4.79 Å². The monoisotopic (exact) mass is 344 g/mol. The van der Waals surface area contributed by atoms with Gasteiger partial charge in [0, 0.05) is 35.4 Å². The SMILES string of the molecule is Cc1nc(CC(=O)Nc2ccc(Sc3nccn3C)cc2)cs1. The summed E-state index contributed by atoms with van der Waals surface area (Å²) in [6.45, 7) is 1.93. The lowest BCUT2D eigenvalue weighted by atomic mass is 10.3. The lowest BCUT2D eigenvalue weighted by molar-refractivity contribution is -0.115. The lowest BCUT2D eigenvalue weighted by Crippen LogP contribution is -2.14. The van der Waals surface area contributed by atoms with Gasteiger partial charge in [-0.05, 0) is 31.2 Å². The molecule has 0 atom stereocenters. The fourth-order valence-electron chi connectivity index (χ4n) is 2.02. The fraction of sp³-hybridized carbons (Fsp3) is 0.188. The van der Waals surface area contributed by atoms with Gasteiger partial charge in [-0.15, -0.1) is 11.3 Å². The fourth-order valence-corrected chi connectivity index (χ4v) is 3.44. The van der Waals surface area contributed by atoms with E-state index in [2.05, 4.69) is 15.3 Å². The summed E-state index contributed by atoms with van der Waals surface area (Å²) in [5.74, 6) is -0.0557. The third kappa shape index (κ3) is 4.20. The maximum Gasteiger partial charge on any atom is 0.230 e. The standard InChI is InChI=1S/C16H16N4OS2/c1-11-18-13(10-22-11)9-15(21)19-12-3-5-14(6-4-12)23-16-17-7-8-20(16)2/h3-8,10H,9H2,1-2H3,(H,19,21). The number of aromatic nitrogens is 3. The number of nitrogens with one attached hydrogen (secondary N) is 1. The summed E-state index contributed by atoms with van der Waals surface area (Å²) in [6.07, 6.45) is 3.99. The second kappa shape index (κ2) is 6.97. The molecule has 0 aliphatic rings. The van der Waals surface area contributed by atoms with Crippen molar-refractivity contribution in [2.75, 3.05) is 5.32 Å². The number of carbonyl (C=O) groups excluding carboxylic acids is 1. The van der Waals surface area contributed by atoms with Crippen LogP contribution in [-0.4, -0.2) is 20.4 Å². The van der Waals surface area contributed by atoms with E-state index in [0.29, 0.717) is 6.42 Å². The molecular formula is C16H16N4OS2. The summed E-state index contributed by atoms with van der Waals surface area (Å²) in [5.41, 5.74) is 1.60. The Balaban J connectivity index is 1.58. The number of anilines is 1. The highest BCUT2D eigenvalue weighted by atomic mass is 32.2. The second-order valence-corrected chi connectivity index (χ2v) is 7.13. The van der Waals surface area contributed by atoms with Crippen molar-refractivity contribution in [3.63, 3.8) is 0 Å². The Kier molecular flexibility index (Phi) is 4.78. The van der Waals surface area contributed by atoms with E-state index in [1.807, 2.05) is 54.4 Å². The molecule has 2 aromatic heterocycles. The first kappa shape index (κ1) is 15.8. The molecule has 1 amide bonds. The summed E-state index contributed by atoms with van der Waals surface area (Å²) >= 11 is 3.14. The van der Waals surface area contributed by atoms with E-state index in [9.17, 15) is 4.79 Å². The Morgan fingerprint density at radius 1 is 1.35 bits per heavy atom. The number of amides is 1. The highest BCUT2D eigenvalue weighted by Crippen LogP contribution is 2.26. The van der Waals surface area contributed by atoms with Crippen molar-refractivity contribution in [1.82, 2.24) is 14.5 Å². The zero-order valence-electron chi connectivity index (χ0n) is 12.8. The number of thiazole rings is 1. The minimum Gasteiger partial charge on any atom is -0.329 e. The van der Waals surface area contributed by atoms with Crippen LogP contribution in [0, 0.1) is 6.92 Å². The molecule has 0 aliphatic carbocycles. The predicted molar refractivity (Wildman–Crippen MR) is 93.0 cm³/mol. The van der Waals surface area contributed by atoms with E-state index in [0.717, 1.165) is 26.4 Å². The van der Waals surface area contributed by atoms with Crippen molar-refractivity contribution in [2.24, 2.45) is 7.05 Å². The number of benzene rings is 1. The first-order chi connectivity index (χ1) is 11.1. The van der Waals surface area contributed by atoms with E-state index in [4.69, 9.17) is 0 Å². The molecule has 7 heteroatoms. The molecule has 1 N–H and O–H groups in total. The van der Waals surface area contributed by atoms with Crippen LogP contribution in [0.15, 0.2) is 52.1 Å². The van der Waals surface area contributed by atoms with Gasteiger partial charge in [0.2, 0.25) is 5.91 Å². The third-order valence-electron chi connectivity index (χ3n) is 3.13. The normalized spacial score (nSPS) is 10.7. The van der Waals surface area contributed by atoms with Crippen molar-refractivity contribution in [1.29, 1.82) is 0 Å². The number of imidazole rings is 1. The maximum absolute atomic E-state index is 12.0. The van der Waals surface area contributed by atoms with Gasteiger partial charge in [0.1, 0.15) is 0 Å². The van der Waals surface area contributed by atoms with Gasteiger partial charge in [0.25, 0.3) is 0 Å². The average Bonchev–Trinajstić information content (AvgIpc) is 3.10. The number of nitrogens with zero attached hydrogens (tertiary/aromatic N) is 3. The number of carbonyl (C=O) groups is 1. The smallest absolute Gasteiger partial charge is 0.230 e. The van der Waals surface area contributed by atoms with Gasteiger partial charge in [0.05, 0.1) is 17.1 Å². The molecule has 0 bridgehead atoms. The van der Waals surface area contributed by atoms with Gasteiger partial charge in [-0.1, -0.05) is 11.8 Å². The highest BCUT2D eigenvalue weighted by molar-refractivity contribution is 7.99. The lowest BCUT2D eigenvalue weighted by Gasteiger charge is -2.06. The molecule has 3 aromatic rings. The second-order valence-electron chi connectivity index (χ2n) is 5.03. The average molecular weight is 344 g/mol. The number of hydrogen-bond donors (Lipinski definition) is 1. The molecule has 0 radical (unpaired) electrons. The molecule has 2 heterocycles. The number of aryl methyl sites for hydroxylation is 2. The Labute approximate surface area is 142 Å². The van der Waals surface area contributed by atoms with Gasteiger partial charge in [-0.3, -0.25) is 4.79 Å². The molecule has 0 unspecified atom stereocenters. The molecule has 0 aliphatic heterocycles. The summed E-state index contributed by atoms with van der Waals surface area (Å²) in [6, 6.07) is 7.74. The Bertz CT molecular complexity index is 808. The van der Waals surface area contributed by atoms with Crippen LogP contribution < -0.4 is 5.32 Å². The molecular weight excluding hydrogens is 328 g/mol. The van der Waals surface area contributed by atoms with E-state index in [1.165, 1.54) is 0 Å².